The number of hydrogen-bond donors (Lipinski definition) is 1. The first-order valence-electron chi connectivity index (χ1n) is 5.84. The molecule has 0 aliphatic rings. The standard InChI is InChI=1S/C15H14BrNOS/c1-10-5-6-12(15(17)19)8-14(10)18-9-11-3-2-4-13(16)7-11/h2-8H,9H2,1H3,(H2,17,19). The van der Waals surface area contributed by atoms with Gasteiger partial charge in [0.25, 0.3) is 0 Å². The summed E-state index contributed by atoms with van der Waals surface area (Å²) in [5, 5.41) is 0. The Bertz CT molecular complexity index is 613. The highest BCUT2D eigenvalue weighted by Crippen LogP contribution is 2.21. The van der Waals surface area contributed by atoms with Gasteiger partial charge in [-0.25, -0.2) is 0 Å². The van der Waals surface area contributed by atoms with Gasteiger partial charge in [0.2, 0.25) is 0 Å². The van der Waals surface area contributed by atoms with Gasteiger partial charge in [0.1, 0.15) is 17.3 Å². The summed E-state index contributed by atoms with van der Waals surface area (Å²) >= 11 is 8.42. The summed E-state index contributed by atoms with van der Waals surface area (Å²) in [6, 6.07) is 13.8. The smallest absolute Gasteiger partial charge is 0.123 e. The topological polar surface area (TPSA) is 35.2 Å². The molecule has 0 fully saturated rings. The Labute approximate surface area is 126 Å². The van der Waals surface area contributed by atoms with Crippen LogP contribution in [0.5, 0.6) is 5.75 Å². The lowest BCUT2D eigenvalue weighted by molar-refractivity contribution is 0.304. The minimum absolute atomic E-state index is 0.382. The molecule has 0 radical (unpaired) electrons. The third kappa shape index (κ3) is 3.78. The first kappa shape index (κ1) is 14.0. The highest BCUT2D eigenvalue weighted by Gasteiger charge is 2.04. The van der Waals surface area contributed by atoms with Crippen molar-refractivity contribution in [2.24, 2.45) is 5.73 Å². The van der Waals surface area contributed by atoms with E-state index < -0.39 is 0 Å². The summed E-state index contributed by atoms with van der Waals surface area (Å²) < 4.78 is 6.88. The molecule has 0 amide bonds. The summed E-state index contributed by atoms with van der Waals surface area (Å²) in [6.45, 7) is 2.51. The van der Waals surface area contributed by atoms with E-state index >= 15 is 0 Å². The molecule has 98 valence electrons. The van der Waals surface area contributed by atoms with Crippen molar-refractivity contribution in [3.63, 3.8) is 0 Å². The van der Waals surface area contributed by atoms with E-state index in [0.29, 0.717) is 11.6 Å². The van der Waals surface area contributed by atoms with Crippen LogP contribution in [0.15, 0.2) is 46.9 Å². The Morgan fingerprint density at radius 3 is 2.74 bits per heavy atom. The molecule has 0 aliphatic heterocycles. The van der Waals surface area contributed by atoms with Gasteiger partial charge in [-0.2, -0.15) is 0 Å². The number of halogens is 1. The van der Waals surface area contributed by atoms with Gasteiger partial charge in [-0.05, 0) is 36.2 Å². The fourth-order valence-electron chi connectivity index (χ4n) is 1.70. The second-order valence-corrected chi connectivity index (χ2v) is 5.62. The maximum atomic E-state index is 5.83. The van der Waals surface area contributed by atoms with Crippen LogP contribution in [0, 0.1) is 6.92 Å². The second-order valence-electron chi connectivity index (χ2n) is 4.26. The van der Waals surface area contributed by atoms with Gasteiger partial charge in [0.05, 0.1) is 0 Å². The second kappa shape index (κ2) is 6.17. The van der Waals surface area contributed by atoms with Gasteiger partial charge in [-0.3, -0.25) is 0 Å². The van der Waals surface area contributed by atoms with Crippen molar-refractivity contribution in [1.82, 2.24) is 0 Å². The van der Waals surface area contributed by atoms with E-state index in [0.717, 1.165) is 26.9 Å². The van der Waals surface area contributed by atoms with Gasteiger partial charge in [0, 0.05) is 10.0 Å². The molecule has 2 nitrogen and oxygen atoms in total. The molecule has 0 atom stereocenters. The molecule has 0 aliphatic carbocycles. The van der Waals surface area contributed by atoms with Crippen molar-refractivity contribution >= 4 is 33.1 Å². The maximum Gasteiger partial charge on any atom is 0.123 e. The average molecular weight is 336 g/mol. The summed E-state index contributed by atoms with van der Waals surface area (Å²) in [5.41, 5.74) is 8.62. The molecule has 0 unspecified atom stereocenters. The molecule has 2 aromatic carbocycles. The molecule has 0 spiro atoms. The number of aryl methyl sites for hydroxylation is 1. The lowest BCUT2D eigenvalue weighted by Crippen LogP contribution is -2.09. The van der Waals surface area contributed by atoms with Gasteiger partial charge in [-0.15, -0.1) is 0 Å². The minimum atomic E-state index is 0.382. The lowest BCUT2D eigenvalue weighted by atomic mass is 10.1. The van der Waals surface area contributed by atoms with Crippen LogP contribution in [0.3, 0.4) is 0 Å². The molecule has 2 N–H and O–H groups in total. The third-order valence-corrected chi connectivity index (χ3v) is 3.48. The number of benzene rings is 2. The van der Waals surface area contributed by atoms with Crippen molar-refractivity contribution in [2.45, 2.75) is 13.5 Å². The Morgan fingerprint density at radius 1 is 1.26 bits per heavy atom. The number of thiocarbonyl (C=S) groups is 1. The maximum absolute atomic E-state index is 5.83. The highest BCUT2D eigenvalue weighted by molar-refractivity contribution is 9.10. The molecule has 0 saturated heterocycles. The molecule has 4 heteroatoms. The Hall–Kier alpha value is -1.39. The number of ether oxygens (including phenoxy) is 1. The van der Waals surface area contributed by atoms with Crippen LogP contribution in [0.1, 0.15) is 16.7 Å². The number of rotatable bonds is 4. The van der Waals surface area contributed by atoms with E-state index in [2.05, 4.69) is 15.9 Å². The monoisotopic (exact) mass is 335 g/mol. The van der Waals surface area contributed by atoms with E-state index in [1.54, 1.807) is 0 Å². The van der Waals surface area contributed by atoms with Crippen LogP contribution < -0.4 is 10.5 Å². The zero-order valence-corrected chi connectivity index (χ0v) is 12.9. The molecular formula is C15H14BrNOS. The largest absolute Gasteiger partial charge is 0.489 e. The molecule has 0 heterocycles. The van der Waals surface area contributed by atoms with Crippen LogP contribution in [-0.2, 0) is 6.61 Å². The predicted octanol–water partition coefficient (Wildman–Crippen LogP) is 3.97. The summed E-state index contributed by atoms with van der Waals surface area (Å²) in [6.07, 6.45) is 0. The van der Waals surface area contributed by atoms with E-state index in [9.17, 15) is 0 Å². The van der Waals surface area contributed by atoms with Crippen molar-refractivity contribution < 1.29 is 4.74 Å². The van der Waals surface area contributed by atoms with E-state index in [4.69, 9.17) is 22.7 Å². The first-order chi connectivity index (χ1) is 9.06. The number of hydrogen-bond acceptors (Lipinski definition) is 2. The normalized spacial score (nSPS) is 10.2. The molecule has 0 aromatic heterocycles. The van der Waals surface area contributed by atoms with E-state index in [-0.39, 0.29) is 0 Å². The van der Waals surface area contributed by atoms with Gasteiger partial charge < -0.3 is 10.5 Å². The van der Waals surface area contributed by atoms with Gasteiger partial charge in [0.15, 0.2) is 0 Å². The van der Waals surface area contributed by atoms with Gasteiger partial charge in [-0.1, -0.05) is 52.4 Å². The zero-order valence-electron chi connectivity index (χ0n) is 10.5. The zero-order chi connectivity index (χ0) is 13.8. The van der Waals surface area contributed by atoms with Gasteiger partial charge >= 0.3 is 0 Å². The van der Waals surface area contributed by atoms with Crippen molar-refractivity contribution in [1.29, 1.82) is 0 Å². The first-order valence-corrected chi connectivity index (χ1v) is 7.04. The quantitative estimate of drug-likeness (QED) is 0.858. The highest BCUT2D eigenvalue weighted by atomic mass is 79.9. The molecule has 0 bridgehead atoms. The summed E-state index contributed by atoms with van der Waals surface area (Å²) in [4.78, 5) is 0.382. The molecular weight excluding hydrogens is 322 g/mol. The summed E-state index contributed by atoms with van der Waals surface area (Å²) in [5.74, 6) is 0.810. The van der Waals surface area contributed by atoms with Crippen LogP contribution >= 0.6 is 28.1 Å². The predicted molar refractivity (Wildman–Crippen MR) is 85.5 cm³/mol. The van der Waals surface area contributed by atoms with E-state index in [1.165, 1.54) is 0 Å². The lowest BCUT2D eigenvalue weighted by Gasteiger charge is -2.11. The van der Waals surface area contributed by atoms with Crippen LogP contribution in [0.25, 0.3) is 0 Å². The van der Waals surface area contributed by atoms with Crippen molar-refractivity contribution in [2.75, 3.05) is 0 Å². The Kier molecular flexibility index (Phi) is 4.56. The van der Waals surface area contributed by atoms with Crippen molar-refractivity contribution in [3.8, 4) is 5.75 Å². The van der Waals surface area contributed by atoms with Crippen LogP contribution in [0.4, 0.5) is 0 Å². The van der Waals surface area contributed by atoms with E-state index in [1.807, 2.05) is 49.4 Å². The molecule has 19 heavy (non-hydrogen) atoms. The Balaban J connectivity index is 2.15. The average Bonchev–Trinajstić information content (AvgIpc) is 2.37. The molecule has 2 rings (SSSR count). The minimum Gasteiger partial charge on any atom is -0.489 e. The molecule has 0 saturated carbocycles. The SMILES string of the molecule is Cc1ccc(C(N)=S)cc1OCc1cccc(Br)c1. The third-order valence-electron chi connectivity index (χ3n) is 2.76. The molecule has 2 aromatic rings. The fraction of sp³-hybridized carbons (Fsp3) is 0.133. The fourth-order valence-corrected chi connectivity index (χ4v) is 2.27. The Morgan fingerprint density at radius 2 is 2.05 bits per heavy atom. The number of nitrogens with two attached hydrogens (primary N) is 1. The van der Waals surface area contributed by atoms with Crippen LogP contribution in [-0.4, -0.2) is 4.99 Å². The van der Waals surface area contributed by atoms with Crippen LogP contribution in [0.2, 0.25) is 0 Å². The summed E-state index contributed by atoms with van der Waals surface area (Å²) in [7, 11) is 0. The van der Waals surface area contributed by atoms with Crippen molar-refractivity contribution in [3.05, 3.63) is 63.6 Å².